The van der Waals surface area contributed by atoms with Gasteiger partial charge in [-0.3, -0.25) is 0 Å². The summed E-state index contributed by atoms with van der Waals surface area (Å²) < 4.78 is 11.1. The van der Waals surface area contributed by atoms with Crippen LogP contribution in [-0.4, -0.2) is 44.3 Å². The van der Waals surface area contributed by atoms with E-state index in [0.717, 1.165) is 36.7 Å². The lowest BCUT2D eigenvalue weighted by Gasteiger charge is -2.24. The van der Waals surface area contributed by atoms with E-state index in [2.05, 4.69) is 31.1 Å². The molecule has 5 heteroatoms. The standard InChI is InChI=1S/C15H25N3O2/c1-4-11(2)18(3)6-5-17-13-10-15-14(9-12(13)16)19-7-8-20-15/h9-11,17H,4-8,16H2,1-3H3. The van der Waals surface area contributed by atoms with Crippen molar-refractivity contribution in [3.63, 3.8) is 0 Å². The SMILES string of the molecule is CCC(C)N(C)CCNc1cc2c(cc1N)OCCO2. The summed E-state index contributed by atoms with van der Waals surface area (Å²) in [6, 6.07) is 4.34. The second kappa shape index (κ2) is 6.70. The second-order valence-corrected chi connectivity index (χ2v) is 5.25. The van der Waals surface area contributed by atoms with Crippen LogP contribution in [0.5, 0.6) is 11.5 Å². The first kappa shape index (κ1) is 14.8. The number of ether oxygens (including phenoxy) is 2. The van der Waals surface area contributed by atoms with Gasteiger partial charge in [-0.2, -0.15) is 0 Å². The average molecular weight is 279 g/mol. The van der Waals surface area contributed by atoms with Crippen LogP contribution in [-0.2, 0) is 0 Å². The van der Waals surface area contributed by atoms with E-state index in [1.165, 1.54) is 0 Å². The molecule has 1 atom stereocenters. The van der Waals surface area contributed by atoms with Gasteiger partial charge >= 0.3 is 0 Å². The van der Waals surface area contributed by atoms with Crippen LogP contribution < -0.4 is 20.5 Å². The highest BCUT2D eigenvalue weighted by molar-refractivity contribution is 5.72. The van der Waals surface area contributed by atoms with E-state index in [4.69, 9.17) is 15.2 Å². The Labute approximate surface area is 121 Å². The highest BCUT2D eigenvalue weighted by atomic mass is 16.6. The van der Waals surface area contributed by atoms with E-state index in [1.807, 2.05) is 12.1 Å². The quantitative estimate of drug-likeness (QED) is 0.782. The van der Waals surface area contributed by atoms with Gasteiger partial charge in [0.15, 0.2) is 11.5 Å². The van der Waals surface area contributed by atoms with Crippen molar-refractivity contribution in [2.45, 2.75) is 26.3 Å². The molecule has 2 rings (SSSR count). The third-order valence-electron chi connectivity index (χ3n) is 3.84. The number of likely N-dealkylation sites (N-methyl/N-ethyl adjacent to an activating group) is 1. The largest absolute Gasteiger partial charge is 0.486 e. The summed E-state index contributed by atoms with van der Waals surface area (Å²) in [7, 11) is 2.14. The molecule has 1 unspecified atom stereocenters. The fourth-order valence-corrected chi connectivity index (χ4v) is 2.16. The minimum atomic E-state index is 0.582. The minimum Gasteiger partial charge on any atom is -0.486 e. The number of rotatable bonds is 6. The van der Waals surface area contributed by atoms with Crippen molar-refractivity contribution < 1.29 is 9.47 Å². The Morgan fingerprint density at radius 3 is 2.60 bits per heavy atom. The molecule has 5 nitrogen and oxygen atoms in total. The van der Waals surface area contributed by atoms with Gasteiger partial charge in [0.1, 0.15) is 13.2 Å². The number of nitrogen functional groups attached to an aromatic ring is 1. The van der Waals surface area contributed by atoms with Gasteiger partial charge in [0, 0.05) is 31.3 Å². The number of hydrogen-bond acceptors (Lipinski definition) is 5. The molecule has 0 radical (unpaired) electrons. The third-order valence-corrected chi connectivity index (χ3v) is 3.84. The number of benzene rings is 1. The fourth-order valence-electron chi connectivity index (χ4n) is 2.16. The molecule has 1 aliphatic heterocycles. The molecule has 0 saturated heterocycles. The van der Waals surface area contributed by atoms with E-state index in [9.17, 15) is 0 Å². The fraction of sp³-hybridized carbons (Fsp3) is 0.600. The molecule has 0 amide bonds. The van der Waals surface area contributed by atoms with E-state index < -0.39 is 0 Å². The Kier molecular flexibility index (Phi) is 4.95. The predicted molar refractivity (Wildman–Crippen MR) is 82.7 cm³/mol. The molecule has 3 N–H and O–H groups in total. The third kappa shape index (κ3) is 3.48. The molecular formula is C15H25N3O2. The molecule has 1 aliphatic rings. The Balaban J connectivity index is 1.93. The summed E-state index contributed by atoms with van der Waals surface area (Å²) in [6.45, 7) is 7.44. The predicted octanol–water partition coefficient (Wildman–Crippen LogP) is 2.18. The van der Waals surface area contributed by atoms with Crippen LogP contribution in [0.3, 0.4) is 0 Å². The highest BCUT2D eigenvalue weighted by Crippen LogP contribution is 2.36. The lowest BCUT2D eigenvalue weighted by Crippen LogP contribution is -2.32. The van der Waals surface area contributed by atoms with Crippen LogP contribution >= 0.6 is 0 Å². The molecule has 0 saturated carbocycles. The topological polar surface area (TPSA) is 59.8 Å². The van der Waals surface area contributed by atoms with Gasteiger partial charge in [0.2, 0.25) is 0 Å². The van der Waals surface area contributed by atoms with Crippen molar-refractivity contribution in [3.05, 3.63) is 12.1 Å². The van der Waals surface area contributed by atoms with Crippen molar-refractivity contribution in [1.82, 2.24) is 4.90 Å². The van der Waals surface area contributed by atoms with Gasteiger partial charge in [-0.1, -0.05) is 6.92 Å². The zero-order valence-electron chi connectivity index (χ0n) is 12.6. The highest BCUT2D eigenvalue weighted by Gasteiger charge is 2.14. The van der Waals surface area contributed by atoms with Crippen molar-refractivity contribution in [3.8, 4) is 11.5 Å². The summed E-state index contributed by atoms with van der Waals surface area (Å²) in [5.74, 6) is 1.50. The summed E-state index contributed by atoms with van der Waals surface area (Å²) in [5, 5.41) is 3.37. The monoisotopic (exact) mass is 279 g/mol. The maximum absolute atomic E-state index is 6.04. The first-order valence-corrected chi connectivity index (χ1v) is 7.25. The van der Waals surface area contributed by atoms with Crippen LogP contribution in [0.15, 0.2) is 12.1 Å². The normalized spacial score (nSPS) is 15.2. The van der Waals surface area contributed by atoms with E-state index in [0.29, 0.717) is 24.9 Å². The molecule has 1 aromatic carbocycles. The summed E-state index contributed by atoms with van der Waals surface area (Å²) in [5.41, 5.74) is 7.64. The van der Waals surface area contributed by atoms with E-state index in [1.54, 1.807) is 0 Å². The summed E-state index contributed by atoms with van der Waals surface area (Å²) >= 11 is 0. The number of nitrogens with zero attached hydrogens (tertiary/aromatic N) is 1. The Bertz CT molecular complexity index is 451. The molecule has 1 aromatic rings. The Morgan fingerprint density at radius 2 is 1.95 bits per heavy atom. The smallest absolute Gasteiger partial charge is 0.163 e. The lowest BCUT2D eigenvalue weighted by molar-refractivity contribution is 0.172. The van der Waals surface area contributed by atoms with Gasteiger partial charge in [0.05, 0.1) is 11.4 Å². The Morgan fingerprint density at radius 1 is 1.30 bits per heavy atom. The Hall–Kier alpha value is -1.62. The molecule has 0 fully saturated rings. The number of nitrogens with two attached hydrogens (primary N) is 1. The lowest BCUT2D eigenvalue weighted by atomic mass is 10.2. The molecular weight excluding hydrogens is 254 g/mol. The minimum absolute atomic E-state index is 0.582. The van der Waals surface area contributed by atoms with Crippen LogP contribution in [0.4, 0.5) is 11.4 Å². The van der Waals surface area contributed by atoms with Crippen LogP contribution in [0.25, 0.3) is 0 Å². The summed E-state index contributed by atoms with van der Waals surface area (Å²) in [4.78, 5) is 2.33. The second-order valence-electron chi connectivity index (χ2n) is 5.25. The first-order valence-electron chi connectivity index (χ1n) is 7.25. The maximum Gasteiger partial charge on any atom is 0.163 e. The van der Waals surface area contributed by atoms with Crippen LogP contribution in [0.1, 0.15) is 20.3 Å². The average Bonchev–Trinajstić information content (AvgIpc) is 2.46. The van der Waals surface area contributed by atoms with Gasteiger partial charge in [-0.05, 0) is 20.4 Å². The maximum atomic E-state index is 6.04. The van der Waals surface area contributed by atoms with Crippen LogP contribution in [0, 0.1) is 0 Å². The molecule has 0 aromatic heterocycles. The van der Waals surface area contributed by atoms with Crippen molar-refractivity contribution in [2.75, 3.05) is 44.4 Å². The number of anilines is 2. The van der Waals surface area contributed by atoms with Crippen molar-refractivity contribution in [1.29, 1.82) is 0 Å². The summed E-state index contributed by atoms with van der Waals surface area (Å²) in [6.07, 6.45) is 1.16. The molecule has 1 heterocycles. The number of nitrogens with one attached hydrogen (secondary N) is 1. The molecule has 0 bridgehead atoms. The number of hydrogen-bond donors (Lipinski definition) is 2. The number of fused-ring (bicyclic) bond motifs is 1. The van der Waals surface area contributed by atoms with Crippen LogP contribution in [0.2, 0.25) is 0 Å². The van der Waals surface area contributed by atoms with Gasteiger partial charge < -0.3 is 25.4 Å². The van der Waals surface area contributed by atoms with Crippen molar-refractivity contribution in [2.24, 2.45) is 0 Å². The molecule has 20 heavy (non-hydrogen) atoms. The zero-order chi connectivity index (χ0) is 14.5. The molecule has 0 aliphatic carbocycles. The first-order chi connectivity index (χ1) is 9.61. The molecule has 112 valence electrons. The van der Waals surface area contributed by atoms with Gasteiger partial charge in [0.25, 0.3) is 0 Å². The van der Waals surface area contributed by atoms with Gasteiger partial charge in [-0.15, -0.1) is 0 Å². The van der Waals surface area contributed by atoms with E-state index >= 15 is 0 Å². The van der Waals surface area contributed by atoms with Gasteiger partial charge in [-0.25, -0.2) is 0 Å². The van der Waals surface area contributed by atoms with E-state index in [-0.39, 0.29) is 0 Å². The zero-order valence-corrected chi connectivity index (χ0v) is 12.6. The molecule has 0 spiro atoms. The van der Waals surface area contributed by atoms with Crippen molar-refractivity contribution >= 4 is 11.4 Å².